The molecule has 2 N–H and O–H groups in total. The normalized spacial score (nSPS) is 25.1. The maximum Gasteiger partial charge on any atom is 0.141 e. The van der Waals surface area contributed by atoms with Crippen LogP contribution >= 0.6 is 0 Å². The molecule has 2 heterocycles. The summed E-state index contributed by atoms with van der Waals surface area (Å²) < 4.78 is 2.01. The van der Waals surface area contributed by atoms with Gasteiger partial charge in [-0.1, -0.05) is 13.3 Å². The molecule has 5 nitrogen and oxygen atoms in total. The Balaban J connectivity index is 2.03. The van der Waals surface area contributed by atoms with Crippen molar-refractivity contribution in [2.75, 3.05) is 13.1 Å². The summed E-state index contributed by atoms with van der Waals surface area (Å²) in [5.41, 5.74) is 5.95. The summed E-state index contributed by atoms with van der Waals surface area (Å²) in [5, 5.41) is 4.31. The highest BCUT2D eigenvalue weighted by Crippen LogP contribution is 2.26. The van der Waals surface area contributed by atoms with Crippen LogP contribution in [0.2, 0.25) is 0 Å². The Hall–Kier alpha value is -0.940. The highest BCUT2D eigenvalue weighted by Gasteiger charge is 2.27. The number of hydrogen-bond donors (Lipinski definition) is 1. The molecule has 1 saturated heterocycles. The predicted octanol–water partition coefficient (Wildman–Crippen LogP) is 1.81. The second-order valence-corrected chi connectivity index (χ2v) is 5.87. The highest BCUT2D eigenvalue weighted by molar-refractivity contribution is 4.91. The standard InChI is InChI=1S/C14H27N5/c1-4-12-5-6-18(13(7-12)8-15)9-14-16-10-17-19(14)11(2)3/h10-13H,4-9,15H2,1-3H3. The maximum atomic E-state index is 5.95. The monoisotopic (exact) mass is 265 g/mol. The van der Waals surface area contributed by atoms with Crippen LogP contribution in [-0.2, 0) is 6.54 Å². The van der Waals surface area contributed by atoms with E-state index >= 15 is 0 Å². The first-order valence-electron chi connectivity index (χ1n) is 7.48. The number of piperidine rings is 1. The second kappa shape index (κ2) is 6.48. The van der Waals surface area contributed by atoms with Gasteiger partial charge in [-0.2, -0.15) is 5.10 Å². The van der Waals surface area contributed by atoms with Crippen LogP contribution in [0.5, 0.6) is 0 Å². The summed E-state index contributed by atoms with van der Waals surface area (Å²) in [6, 6.07) is 0.859. The maximum absolute atomic E-state index is 5.95. The van der Waals surface area contributed by atoms with Gasteiger partial charge in [0.25, 0.3) is 0 Å². The fourth-order valence-corrected chi connectivity index (χ4v) is 3.01. The van der Waals surface area contributed by atoms with Gasteiger partial charge in [-0.3, -0.25) is 4.90 Å². The van der Waals surface area contributed by atoms with E-state index in [9.17, 15) is 0 Å². The van der Waals surface area contributed by atoms with Crippen molar-refractivity contribution in [3.63, 3.8) is 0 Å². The fraction of sp³-hybridized carbons (Fsp3) is 0.857. The van der Waals surface area contributed by atoms with Gasteiger partial charge in [0.05, 0.1) is 6.54 Å². The minimum Gasteiger partial charge on any atom is -0.329 e. The average Bonchev–Trinajstić information content (AvgIpc) is 2.87. The minimum absolute atomic E-state index is 0.363. The molecule has 108 valence electrons. The Labute approximate surface area is 116 Å². The molecular weight excluding hydrogens is 238 g/mol. The zero-order valence-electron chi connectivity index (χ0n) is 12.4. The van der Waals surface area contributed by atoms with Crippen molar-refractivity contribution < 1.29 is 0 Å². The van der Waals surface area contributed by atoms with E-state index < -0.39 is 0 Å². The molecule has 1 aromatic rings. The summed E-state index contributed by atoms with van der Waals surface area (Å²) in [5.74, 6) is 1.90. The molecule has 1 aromatic heterocycles. The van der Waals surface area contributed by atoms with Crippen LogP contribution in [0, 0.1) is 5.92 Å². The molecule has 2 rings (SSSR count). The van der Waals surface area contributed by atoms with Crippen LogP contribution in [0.25, 0.3) is 0 Å². The topological polar surface area (TPSA) is 60.0 Å². The van der Waals surface area contributed by atoms with Crippen molar-refractivity contribution in [3.05, 3.63) is 12.2 Å². The van der Waals surface area contributed by atoms with E-state index in [1.807, 2.05) is 4.68 Å². The van der Waals surface area contributed by atoms with Gasteiger partial charge < -0.3 is 5.73 Å². The van der Waals surface area contributed by atoms with Crippen molar-refractivity contribution in [2.24, 2.45) is 11.7 Å². The molecule has 1 fully saturated rings. The zero-order chi connectivity index (χ0) is 13.8. The first-order valence-corrected chi connectivity index (χ1v) is 7.48. The van der Waals surface area contributed by atoms with E-state index in [0.29, 0.717) is 12.1 Å². The van der Waals surface area contributed by atoms with Gasteiger partial charge in [0, 0.05) is 18.6 Å². The molecule has 1 aliphatic heterocycles. The Morgan fingerprint density at radius 1 is 1.47 bits per heavy atom. The van der Waals surface area contributed by atoms with Gasteiger partial charge in [-0.05, 0) is 39.2 Å². The molecule has 0 saturated carbocycles. The Morgan fingerprint density at radius 3 is 2.89 bits per heavy atom. The average molecular weight is 265 g/mol. The van der Waals surface area contributed by atoms with Crippen LogP contribution < -0.4 is 5.73 Å². The van der Waals surface area contributed by atoms with Gasteiger partial charge in [-0.25, -0.2) is 9.67 Å². The quantitative estimate of drug-likeness (QED) is 0.882. The predicted molar refractivity (Wildman–Crippen MR) is 76.7 cm³/mol. The van der Waals surface area contributed by atoms with Crippen LogP contribution in [-0.4, -0.2) is 38.8 Å². The molecule has 0 radical (unpaired) electrons. The molecule has 0 bridgehead atoms. The zero-order valence-corrected chi connectivity index (χ0v) is 12.4. The third-order valence-corrected chi connectivity index (χ3v) is 4.28. The number of rotatable bonds is 5. The molecule has 0 aromatic carbocycles. The van der Waals surface area contributed by atoms with Gasteiger partial charge in [0.2, 0.25) is 0 Å². The lowest BCUT2D eigenvalue weighted by molar-refractivity contribution is 0.102. The number of nitrogens with zero attached hydrogens (tertiary/aromatic N) is 4. The van der Waals surface area contributed by atoms with E-state index in [-0.39, 0.29) is 0 Å². The summed E-state index contributed by atoms with van der Waals surface area (Å²) >= 11 is 0. The number of nitrogens with two attached hydrogens (primary N) is 1. The molecule has 0 spiro atoms. The Morgan fingerprint density at radius 2 is 2.26 bits per heavy atom. The smallest absolute Gasteiger partial charge is 0.141 e. The summed E-state index contributed by atoms with van der Waals surface area (Å²) in [6.07, 6.45) is 5.43. The van der Waals surface area contributed by atoms with Crippen LogP contribution in [0.15, 0.2) is 6.33 Å². The molecule has 2 unspecified atom stereocenters. The fourth-order valence-electron chi connectivity index (χ4n) is 3.01. The number of likely N-dealkylation sites (tertiary alicyclic amines) is 1. The molecule has 0 amide bonds. The van der Waals surface area contributed by atoms with E-state index in [1.165, 1.54) is 19.3 Å². The second-order valence-electron chi connectivity index (χ2n) is 5.87. The SMILES string of the molecule is CCC1CCN(Cc2ncnn2C(C)C)C(CN)C1. The summed E-state index contributed by atoms with van der Waals surface area (Å²) in [7, 11) is 0. The van der Waals surface area contributed by atoms with E-state index in [2.05, 4.69) is 35.8 Å². The van der Waals surface area contributed by atoms with Crippen LogP contribution in [0.3, 0.4) is 0 Å². The minimum atomic E-state index is 0.363. The van der Waals surface area contributed by atoms with Crippen molar-refractivity contribution >= 4 is 0 Å². The molecular formula is C14H27N5. The van der Waals surface area contributed by atoms with Crippen molar-refractivity contribution in [1.82, 2.24) is 19.7 Å². The summed E-state index contributed by atoms with van der Waals surface area (Å²) in [4.78, 5) is 6.89. The van der Waals surface area contributed by atoms with Crippen molar-refractivity contribution in [1.29, 1.82) is 0 Å². The van der Waals surface area contributed by atoms with Gasteiger partial charge in [0.15, 0.2) is 0 Å². The lowest BCUT2D eigenvalue weighted by Crippen LogP contribution is -2.46. The largest absolute Gasteiger partial charge is 0.329 e. The van der Waals surface area contributed by atoms with Gasteiger partial charge in [-0.15, -0.1) is 0 Å². The van der Waals surface area contributed by atoms with Gasteiger partial charge >= 0.3 is 0 Å². The molecule has 2 atom stereocenters. The molecule has 0 aliphatic carbocycles. The van der Waals surface area contributed by atoms with E-state index in [0.717, 1.165) is 31.4 Å². The molecule has 1 aliphatic rings. The van der Waals surface area contributed by atoms with Crippen molar-refractivity contribution in [2.45, 2.75) is 58.7 Å². The first-order chi connectivity index (χ1) is 9.15. The third-order valence-electron chi connectivity index (χ3n) is 4.28. The third kappa shape index (κ3) is 3.34. The summed E-state index contributed by atoms with van der Waals surface area (Å²) in [6.45, 7) is 9.31. The lowest BCUT2D eigenvalue weighted by Gasteiger charge is -2.38. The molecule has 19 heavy (non-hydrogen) atoms. The lowest BCUT2D eigenvalue weighted by atomic mass is 9.89. The van der Waals surface area contributed by atoms with E-state index in [4.69, 9.17) is 5.73 Å². The number of hydrogen-bond acceptors (Lipinski definition) is 4. The Kier molecular flexibility index (Phi) is 4.93. The first kappa shape index (κ1) is 14.5. The Bertz CT molecular complexity index is 387. The van der Waals surface area contributed by atoms with Crippen molar-refractivity contribution in [3.8, 4) is 0 Å². The highest BCUT2D eigenvalue weighted by atomic mass is 15.4. The van der Waals surface area contributed by atoms with E-state index in [1.54, 1.807) is 6.33 Å². The van der Waals surface area contributed by atoms with Crippen LogP contribution in [0.1, 0.15) is 51.9 Å². The van der Waals surface area contributed by atoms with Crippen LogP contribution in [0.4, 0.5) is 0 Å². The van der Waals surface area contributed by atoms with Gasteiger partial charge in [0.1, 0.15) is 12.2 Å². The molecule has 5 heteroatoms. The number of aromatic nitrogens is 3.